The molecule has 122 valence electrons. The third-order valence-electron chi connectivity index (χ3n) is 4.52. The highest BCUT2D eigenvalue weighted by Gasteiger charge is 2.17. The molecule has 1 N–H and O–H groups in total. The normalized spacial score (nSPS) is 16.4. The molecule has 0 aromatic heterocycles. The number of rotatable bonds is 5. The summed E-state index contributed by atoms with van der Waals surface area (Å²) in [6, 6.07) is 14.0. The third kappa shape index (κ3) is 4.45. The standard InChI is InChI=1S/C19H24N2O2/c1-21-10-8-15(9-11-21)13-20-19(22)14-23-18-7-6-16-4-2-3-5-17(16)12-18/h2-7,12,15H,8-11,13-14H2,1H3,(H,20,22). The number of hydrogen-bond acceptors (Lipinski definition) is 3. The highest BCUT2D eigenvalue weighted by atomic mass is 16.5. The quantitative estimate of drug-likeness (QED) is 0.923. The molecule has 4 heteroatoms. The molecule has 1 aliphatic rings. The van der Waals surface area contributed by atoms with Crippen LogP contribution in [0.4, 0.5) is 0 Å². The van der Waals surface area contributed by atoms with E-state index in [4.69, 9.17) is 4.74 Å². The Kier molecular flexibility index (Phi) is 5.13. The summed E-state index contributed by atoms with van der Waals surface area (Å²) in [6.45, 7) is 3.07. The molecule has 4 nitrogen and oxygen atoms in total. The minimum absolute atomic E-state index is 0.0444. The van der Waals surface area contributed by atoms with Crippen LogP contribution in [0, 0.1) is 5.92 Å². The maximum atomic E-state index is 11.9. The van der Waals surface area contributed by atoms with E-state index >= 15 is 0 Å². The molecule has 0 spiro atoms. The van der Waals surface area contributed by atoms with Crippen molar-refractivity contribution in [3.63, 3.8) is 0 Å². The van der Waals surface area contributed by atoms with E-state index in [0.717, 1.165) is 43.6 Å². The maximum Gasteiger partial charge on any atom is 0.257 e. The topological polar surface area (TPSA) is 41.6 Å². The number of amides is 1. The average Bonchev–Trinajstić information content (AvgIpc) is 2.59. The van der Waals surface area contributed by atoms with E-state index in [2.05, 4.69) is 23.3 Å². The molecule has 1 fully saturated rings. The number of carbonyl (C=O) groups is 1. The molecule has 2 aromatic rings. The summed E-state index contributed by atoms with van der Waals surface area (Å²) in [5.74, 6) is 1.28. The van der Waals surface area contributed by atoms with Crippen LogP contribution in [0.3, 0.4) is 0 Å². The number of likely N-dealkylation sites (tertiary alicyclic amines) is 1. The third-order valence-corrected chi connectivity index (χ3v) is 4.52. The molecule has 23 heavy (non-hydrogen) atoms. The predicted octanol–water partition coefficient (Wildman–Crippen LogP) is 2.68. The van der Waals surface area contributed by atoms with Gasteiger partial charge in [0.15, 0.2) is 6.61 Å². The number of piperidine rings is 1. The summed E-state index contributed by atoms with van der Waals surface area (Å²) < 4.78 is 5.61. The summed E-state index contributed by atoms with van der Waals surface area (Å²) >= 11 is 0. The molecule has 0 saturated carbocycles. The van der Waals surface area contributed by atoms with Crippen LogP contribution < -0.4 is 10.1 Å². The van der Waals surface area contributed by atoms with Gasteiger partial charge in [-0.05, 0) is 61.8 Å². The maximum absolute atomic E-state index is 11.9. The van der Waals surface area contributed by atoms with Crippen molar-refractivity contribution in [1.82, 2.24) is 10.2 Å². The van der Waals surface area contributed by atoms with Gasteiger partial charge in [-0.25, -0.2) is 0 Å². The molecule has 1 aliphatic heterocycles. The van der Waals surface area contributed by atoms with Crippen LogP contribution in [0.1, 0.15) is 12.8 Å². The fraction of sp³-hybridized carbons (Fsp3) is 0.421. The van der Waals surface area contributed by atoms with E-state index in [0.29, 0.717) is 5.92 Å². The van der Waals surface area contributed by atoms with Crippen LogP contribution in [0.5, 0.6) is 5.75 Å². The van der Waals surface area contributed by atoms with E-state index < -0.39 is 0 Å². The predicted molar refractivity (Wildman–Crippen MR) is 92.7 cm³/mol. The van der Waals surface area contributed by atoms with Crippen molar-refractivity contribution in [2.45, 2.75) is 12.8 Å². The first-order valence-electron chi connectivity index (χ1n) is 8.27. The Morgan fingerprint density at radius 3 is 2.70 bits per heavy atom. The number of carbonyl (C=O) groups excluding carboxylic acids is 1. The molecular weight excluding hydrogens is 288 g/mol. The Hall–Kier alpha value is -2.07. The Balaban J connectivity index is 1.44. The van der Waals surface area contributed by atoms with Gasteiger partial charge >= 0.3 is 0 Å². The van der Waals surface area contributed by atoms with Gasteiger partial charge in [0.1, 0.15) is 5.75 Å². The fourth-order valence-corrected chi connectivity index (χ4v) is 2.98. The van der Waals surface area contributed by atoms with E-state index in [1.165, 1.54) is 5.39 Å². The number of nitrogens with one attached hydrogen (secondary N) is 1. The van der Waals surface area contributed by atoms with Gasteiger partial charge in [0.25, 0.3) is 5.91 Å². The monoisotopic (exact) mass is 312 g/mol. The second kappa shape index (κ2) is 7.47. The Morgan fingerprint density at radius 2 is 1.91 bits per heavy atom. The summed E-state index contributed by atoms with van der Waals surface area (Å²) in [4.78, 5) is 14.3. The lowest BCUT2D eigenvalue weighted by atomic mass is 9.97. The minimum atomic E-state index is -0.0444. The Morgan fingerprint density at radius 1 is 1.17 bits per heavy atom. The van der Waals surface area contributed by atoms with Crippen LogP contribution in [-0.4, -0.2) is 44.1 Å². The Bertz CT molecular complexity index is 663. The molecule has 1 amide bonds. The van der Waals surface area contributed by atoms with E-state index in [1.54, 1.807) is 0 Å². The molecule has 1 heterocycles. The van der Waals surface area contributed by atoms with Gasteiger partial charge in [-0.2, -0.15) is 0 Å². The van der Waals surface area contributed by atoms with Crippen molar-refractivity contribution in [3.05, 3.63) is 42.5 Å². The SMILES string of the molecule is CN1CCC(CNC(=O)COc2ccc3ccccc3c2)CC1. The summed E-state index contributed by atoms with van der Waals surface area (Å²) in [5.41, 5.74) is 0. The molecule has 0 atom stereocenters. The zero-order valence-corrected chi connectivity index (χ0v) is 13.6. The second-order valence-corrected chi connectivity index (χ2v) is 6.35. The zero-order chi connectivity index (χ0) is 16.1. The van der Waals surface area contributed by atoms with Gasteiger partial charge in [0.05, 0.1) is 0 Å². The lowest BCUT2D eigenvalue weighted by Crippen LogP contribution is -2.38. The molecule has 3 rings (SSSR count). The summed E-state index contributed by atoms with van der Waals surface area (Å²) in [5, 5.41) is 5.29. The van der Waals surface area contributed by atoms with E-state index in [1.807, 2.05) is 36.4 Å². The van der Waals surface area contributed by atoms with Crippen LogP contribution in [0.25, 0.3) is 10.8 Å². The number of fused-ring (bicyclic) bond motifs is 1. The summed E-state index contributed by atoms with van der Waals surface area (Å²) in [7, 11) is 2.15. The van der Waals surface area contributed by atoms with Gasteiger partial charge < -0.3 is 15.0 Å². The van der Waals surface area contributed by atoms with Crippen LogP contribution in [0.2, 0.25) is 0 Å². The molecule has 2 aromatic carbocycles. The van der Waals surface area contributed by atoms with Crippen molar-refractivity contribution < 1.29 is 9.53 Å². The van der Waals surface area contributed by atoms with Gasteiger partial charge in [-0.15, -0.1) is 0 Å². The van der Waals surface area contributed by atoms with Gasteiger partial charge in [0.2, 0.25) is 0 Å². The Labute approximate surface area is 137 Å². The number of ether oxygens (including phenoxy) is 1. The molecular formula is C19H24N2O2. The molecule has 0 unspecified atom stereocenters. The molecule has 0 radical (unpaired) electrons. The molecule has 1 saturated heterocycles. The lowest BCUT2D eigenvalue weighted by Gasteiger charge is -2.28. The van der Waals surface area contributed by atoms with Crippen molar-refractivity contribution in [2.75, 3.05) is 33.3 Å². The highest BCUT2D eigenvalue weighted by Crippen LogP contribution is 2.20. The first-order valence-corrected chi connectivity index (χ1v) is 8.27. The average molecular weight is 312 g/mol. The van der Waals surface area contributed by atoms with Crippen LogP contribution >= 0.6 is 0 Å². The first kappa shape index (κ1) is 15.8. The van der Waals surface area contributed by atoms with Crippen LogP contribution in [-0.2, 0) is 4.79 Å². The lowest BCUT2D eigenvalue weighted by molar-refractivity contribution is -0.123. The highest BCUT2D eigenvalue weighted by molar-refractivity contribution is 5.84. The van der Waals surface area contributed by atoms with Crippen molar-refractivity contribution in [3.8, 4) is 5.75 Å². The largest absolute Gasteiger partial charge is 0.484 e. The van der Waals surface area contributed by atoms with Gasteiger partial charge in [0, 0.05) is 6.54 Å². The van der Waals surface area contributed by atoms with Crippen molar-refractivity contribution in [1.29, 1.82) is 0 Å². The molecule has 0 aliphatic carbocycles. The van der Waals surface area contributed by atoms with Gasteiger partial charge in [-0.3, -0.25) is 4.79 Å². The van der Waals surface area contributed by atoms with Crippen molar-refractivity contribution in [2.24, 2.45) is 5.92 Å². The number of nitrogens with zero attached hydrogens (tertiary/aromatic N) is 1. The minimum Gasteiger partial charge on any atom is -0.484 e. The zero-order valence-electron chi connectivity index (χ0n) is 13.6. The van der Waals surface area contributed by atoms with Gasteiger partial charge in [-0.1, -0.05) is 30.3 Å². The van der Waals surface area contributed by atoms with E-state index in [9.17, 15) is 4.79 Å². The number of benzene rings is 2. The fourth-order valence-electron chi connectivity index (χ4n) is 2.98. The summed E-state index contributed by atoms with van der Waals surface area (Å²) in [6.07, 6.45) is 2.31. The molecule has 0 bridgehead atoms. The van der Waals surface area contributed by atoms with E-state index in [-0.39, 0.29) is 12.5 Å². The first-order chi connectivity index (χ1) is 11.2. The number of hydrogen-bond donors (Lipinski definition) is 1. The second-order valence-electron chi connectivity index (χ2n) is 6.35. The van der Waals surface area contributed by atoms with Crippen molar-refractivity contribution >= 4 is 16.7 Å². The smallest absolute Gasteiger partial charge is 0.257 e. The van der Waals surface area contributed by atoms with Crippen LogP contribution in [0.15, 0.2) is 42.5 Å².